The van der Waals surface area contributed by atoms with Crippen LogP contribution in [0.5, 0.6) is 5.75 Å². The summed E-state index contributed by atoms with van der Waals surface area (Å²) in [7, 11) is 0. The molecule has 2 fully saturated rings. The zero-order valence-electron chi connectivity index (χ0n) is 14.1. The van der Waals surface area contributed by atoms with Gasteiger partial charge in [-0.15, -0.1) is 0 Å². The lowest BCUT2D eigenvalue weighted by atomic mass is 9.80. The van der Waals surface area contributed by atoms with E-state index in [0.717, 1.165) is 19.3 Å². The summed E-state index contributed by atoms with van der Waals surface area (Å²) in [5.41, 5.74) is -0.241. The number of nitrogens with zero attached hydrogens (tertiary/aromatic N) is 3. The quantitative estimate of drug-likeness (QED) is 0.851. The van der Waals surface area contributed by atoms with E-state index in [-0.39, 0.29) is 23.7 Å². The summed E-state index contributed by atoms with van der Waals surface area (Å²) in [6, 6.07) is 6.09. The molecule has 0 bridgehead atoms. The van der Waals surface area contributed by atoms with Crippen molar-refractivity contribution >= 4 is 5.91 Å². The molecule has 0 spiro atoms. The third-order valence-corrected chi connectivity index (χ3v) is 5.36. The molecule has 1 aliphatic heterocycles. The third-order valence-electron chi connectivity index (χ3n) is 5.36. The van der Waals surface area contributed by atoms with Gasteiger partial charge in [0, 0.05) is 13.1 Å². The van der Waals surface area contributed by atoms with Crippen LogP contribution in [0.2, 0.25) is 0 Å². The molecule has 7 heteroatoms. The van der Waals surface area contributed by atoms with Crippen LogP contribution in [-0.2, 0) is 10.2 Å². The van der Waals surface area contributed by atoms with E-state index < -0.39 is 5.82 Å². The normalized spacial score (nSPS) is 25.2. The van der Waals surface area contributed by atoms with Gasteiger partial charge < -0.3 is 14.2 Å². The lowest BCUT2D eigenvalue weighted by Crippen LogP contribution is -2.37. The summed E-state index contributed by atoms with van der Waals surface area (Å²) in [4.78, 5) is 18.8. The average Bonchev–Trinajstić information content (AvgIpc) is 3.27. The Morgan fingerprint density at radius 3 is 3.08 bits per heavy atom. The monoisotopic (exact) mass is 345 g/mol. The van der Waals surface area contributed by atoms with Gasteiger partial charge in [0.05, 0.1) is 5.41 Å². The van der Waals surface area contributed by atoms with Gasteiger partial charge in [-0.3, -0.25) is 4.79 Å². The highest BCUT2D eigenvalue weighted by Crippen LogP contribution is 2.49. The fourth-order valence-corrected chi connectivity index (χ4v) is 4.12. The smallest absolute Gasteiger partial charge is 0.260 e. The van der Waals surface area contributed by atoms with Gasteiger partial charge in [-0.1, -0.05) is 23.7 Å². The van der Waals surface area contributed by atoms with Crippen molar-refractivity contribution in [2.75, 3.05) is 19.7 Å². The zero-order chi connectivity index (χ0) is 17.4. The number of para-hydroxylation sites is 1. The molecule has 1 aromatic heterocycles. The molecule has 1 amide bonds. The molecular weight excluding hydrogens is 325 g/mol. The fraction of sp³-hybridized carbons (Fsp3) is 0.500. The van der Waals surface area contributed by atoms with E-state index in [1.807, 2.05) is 0 Å². The van der Waals surface area contributed by atoms with E-state index >= 15 is 0 Å². The number of carbonyl (C=O) groups is 1. The highest BCUT2D eigenvalue weighted by Gasteiger charge is 2.55. The van der Waals surface area contributed by atoms with Crippen LogP contribution in [0, 0.1) is 18.7 Å². The second-order valence-corrected chi connectivity index (χ2v) is 6.89. The van der Waals surface area contributed by atoms with Crippen LogP contribution in [0.15, 0.2) is 28.8 Å². The Morgan fingerprint density at radius 2 is 2.32 bits per heavy atom. The number of ether oxygens (including phenoxy) is 1. The van der Waals surface area contributed by atoms with Crippen molar-refractivity contribution in [3.63, 3.8) is 0 Å². The summed E-state index contributed by atoms with van der Waals surface area (Å²) >= 11 is 0. The maximum Gasteiger partial charge on any atom is 0.260 e. The number of aryl methyl sites for hydroxylation is 1. The first-order chi connectivity index (χ1) is 12.1. The molecule has 2 aliphatic rings. The van der Waals surface area contributed by atoms with Crippen molar-refractivity contribution < 1.29 is 18.4 Å². The largest absolute Gasteiger partial charge is 0.481 e. The minimum Gasteiger partial charge on any atom is -0.481 e. The van der Waals surface area contributed by atoms with Crippen molar-refractivity contribution in [3.05, 3.63) is 41.8 Å². The Morgan fingerprint density at radius 1 is 1.48 bits per heavy atom. The van der Waals surface area contributed by atoms with E-state index in [9.17, 15) is 9.18 Å². The van der Waals surface area contributed by atoms with Crippen LogP contribution in [0.25, 0.3) is 0 Å². The maximum absolute atomic E-state index is 13.6. The topological polar surface area (TPSA) is 68.5 Å². The van der Waals surface area contributed by atoms with Gasteiger partial charge in [0.2, 0.25) is 5.89 Å². The van der Waals surface area contributed by atoms with Crippen LogP contribution in [-0.4, -0.2) is 40.6 Å². The average molecular weight is 345 g/mol. The van der Waals surface area contributed by atoms with Gasteiger partial charge in [0.1, 0.15) is 0 Å². The Kier molecular flexibility index (Phi) is 3.94. The second-order valence-electron chi connectivity index (χ2n) is 6.89. The number of hydrogen-bond donors (Lipinski definition) is 0. The van der Waals surface area contributed by atoms with Gasteiger partial charge >= 0.3 is 0 Å². The van der Waals surface area contributed by atoms with Crippen molar-refractivity contribution in [1.29, 1.82) is 0 Å². The molecule has 2 heterocycles. The minimum atomic E-state index is -0.466. The first kappa shape index (κ1) is 16.1. The van der Waals surface area contributed by atoms with Crippen molar-refractivity contribution in [1.82, 2.24) is 15.0 Å². The molecular formula is C18H20FN3O3. The van der Waals surface area contributed by atoms with Crippen molar-refractivity contribution in [3.8, 4) is 5.75 Å². The maximum atomic E-state index is 13.6. The summed E-state index contributed by atoms with van der Waals surface area (Å²) in [5.74, 6) is 1.06. The van der Waals surface area contributed by atoms with Gasteiger partial charge in [0.15, 0.2) is 24.0 Å². The highest BCUT2D eigenvalue weighted by molar-refractivity contribution is 5.78. The molecule has 1 aromatic carbocycles. The van der Waals surface area contributed by atoms with Crippen LogP contribution in [0.4, 0.5) is 4.39 Å². The summed E-state index contributed by atoms with van der Waals surface area (Å²) in [6.45, 7) is 2.83. The van der Waals surface area contributed by atoms with E-state index in [4.69, 9.17) is 9.26 Å². The van der Waals surface area contributed by atoms with E-state index in [0.29, 0.717) is 30.7 Å². The van der Waals surface area contributed by atoms with Gasteiger partial charge in [-0.05, 0) is 37.8 Å². The van der Waals surface area contributed by atoms with E-state index in [2.05, 4.69) is 10.1 Å². The number of halogens is 1. The lowest BCUT2D eigenvalue weighted by molar-refractivity contribution is -0.132. The number of likely N-dealkylation sites (tertiary alicyclic amines) is 1. The Labute approximate surface area is 145 Å². The summed E-state index contributed by atoms with van der Waals surface area (Å²) < 4.78 is 24.4. The minimum absolute atomic E-state index is 0.0949. The fourth-order valence-electron chi connectivity index (χ4n) is 4.12. The van der Waals surface area contributed by atoms with Crippen molar-refractivity contribution in [2.24, 2.45) is 5.92 Å². The van der Waals surface area contributed by atoms with E-state index in [1.165, 1.54) is 12.1 Å². The molecule has 0 radical (unpaired) electrons. The van der Waals surface area contributed by atoms with Crippen LogP contribution >= 0.6 is 0 Å². The molecule has 6 nitrogen and oxygen atoms in total. The Hall–Kier alpha value is -2.44. The molecule has 4 rings (SSSR count). The lowest BCUT2D eigenvalue weighted by Gasteiger charge is -2.24. The summed E-state index contributed by atoms with van der Waals surface area (Å²) in [5, 5.41) is 3.92. The van der Waals surface area contributed by atoms with Crippen LogP contribution in [0.1, 0.15) is 31.0 Å². The molecule has 25 heavy (non-hydrogen) atoms. The number of hydrogen-bond acceptors (Lipinski definition) is 5. The zero-order valence-corrected chi connectivity index (χ0v) is 14.1. The first-order valence-corrected chi connectivity index (χ1v) is 8.54. The molecule has 1 aliphatic carbocycles. The highest BCUT2D eigenvalue weighted by atomic mass is 19.1. The molecule has 2 atom stereocenters. The standard InChI is InChI=1S/C18H20FN3O3/c1-12-20-17(25-21-12)18-8-4-5-13(18)9-22(11-18)16(23)10-24-15-7-3-2-6-14(15)19/h2-3,6-7,13H,4-5,8-11H2,1H3/t13-,18-/m0/s1. The number of fused-ring (bicyclic) bond motifs is 1. The second kappa shape index (κ2) is 6.13. The number of carbonyl (C=O) groups excluding carboxylic acids is 1. The summed E-state index contributed by atoms with van der Waals surface area (Å²) in [6.07, 6.45) is 3.08. The number of benzene rings is 1. The molecule has 0 unspecified atom stereocenters. The van der Waals surface area contributed by atoms with Crippen LogP contribution < -0.4 is 4.74 Å². The van der Waals surface area contributed by atoms with Crippen LogP contribution in [0.3, 0.4) is 0 Å². The van der Waals surface area contributed by atoms with Crippen molar-refractivity contribution in [2.45, 2.75) is 31.6 Å². The van der Waals surface area contributed by atoms with Gasteiger partial charge in [0.25, 0.3) is 5.91 Å². The number of amides is 1. The third kappa shape index (κ3) is 2.77. The predicted octanol–water partition coefficient (Wildman–Crippen LogP) is 2.48. The molecule has 1 saturated heterocycles. The Bertz CT molecular complexity index is 793. The molecule has 132 valence electrons. The predicted molar refractivity (Wildman–Crippen MR) is 86.5 cm³/mol. The number of rotatable bonds is 4. The van der Waals surface area contributed by atoms with E-state index in [1.54, 1.807) is 24.0 Å². The SMILES string of the molecule is Cc1noc([C@]23CCC[C@H]2CN(C(=O)COc2ccccc2F)C3)n1. The van der Waals surface area contributed by atoms with Gasteiger partial charge in [-0.2, -0.15) is 4.98 Å². The molecule has 2 aromatic rings. The number of aromatic nitrogens is 2. The Balaban J connectivity index is 1.46. The van der Waals surface area contributed by atoms with Gasteiger partial charge in [-0.25, -0.2) is 4.39 Å². The first-order valence-electron chi connectivity index (χ1n) is 8.54. The molecule has 0 N–H and O–H groups in total. The molecule has 1 saturated carbocycles.